The number of nitrogens with one attached hydrogen (secondary N) is 1. The molecule has 2 aliphatic heterocycles. The molecule has 3 unspecified atom stereocenters. The summed E-state index contributed by atoms with van der Waals surface area (Å²) < 4.78 is 6.58. The van der Waals surface area contributed by atoms with E-state index in [1.54, 1.807) is 0 Å². The Bertz CT molecular complexity index is 757. The summed E-state index contributed by atoms with van der Waals surface area (Å²) in [6.45, 7) is 0.719. The first-order valence-corrected chi connectivity index (χ1v) is 10.4. The minimum atomic E-state index is -0.158. The molecule has 6 nitrogen and oxygen atoms in total. The highest BCUT2D eigenvalue weighted by atomic mass is 79.9. The number of nitrogens with zero attached hydrogens (tertiary/aromatic N) is 1. The van der Waals surface area contributed by atoms with Crippen LogP contribution in [0.1, 0.15) is 50.1 Å². The predicted molar refractivity (Wildman–Crippen MR) is 102 cm³/mol. The molecule has 2 heterocycles. The van der Waals surface area contributed by atoms with Crippen molar-refractivity contribution in [1.29, 1.82) is 0 Å². The summed E-state index contributed by atoms with van der Waals surface area (Å²) in [6, 6.07) is 5.64. The highest BCUT2D eigenvalue weighted by Gasteiger charge is 2.47. The number of halogens is 1. The van der Waals surface area contributed by atoms with Crippen molar-refractivity contribution in [2.45, 2.75) is 44.6 Å². The van der Waals surface area contributed by atoms with Crippen LogP contribution < -0.4 is 10.1 Å². The van der Waals surface area contributed by atoms with Gasteiger partial charge in [-0.3, -0.25) is 19.3 Å². The largest absolute Gasteiger partial charge is 0.493 e. The van der Waals surface area contributed by atoms with Crippen LogP contribution in [0.25, 0.3) is 0 Å². The molecule has 4 rings (SSSR count). The topological polar surface area (TPSA) is 75.7 Å². The maximum atomic E-state index is 12.5. The van der Waals surface area contributed by atoms with E-state index in [4.69, 9.17) is 4.74 Å². The molecule has 1 N–H and O–H groups in total. The first kappa shape index (κ1) is 18.5. The van der Waals surface area contributed by atoms with Gasteiger partial charge in [-0.1, -0.05) is 28.8 Å². The predicted octanol–water partition coefficient (Wildman–Crippen LogP) is 2.95. The van der Waals surface area contributed by atoms with E-state index in [9.17, 15) is 14.4 Å². The molecule has 0 spiro atoms. The molecule has 3 aliphatic rings. The highest BCUT2D eigenvalue weighted by Crippen LogP contribution is 2.38. The second kappa shape index (κ2) is 7.62. The Kier molecular flexibility index (Phi) is 5.21. The van der Waals surface area contributed by atoms with Crippen LogP contribution in [0, 0.1) is 11.8 Å². The zero-order valence-electron chi connectivity index (χ0n) is 15.1. The Balaban J connectivity index is 1.36. The fraction of sp³-hybridized carbons (Fsp3) is 0.550. The van der Waals surface area contributed by atoms with Crippen molar-refractivity contribution in [3.63, 3.8) is 0 Å². The normalized spacial score (nSPS) is 27.0. The van der Waals surface area contributed by atoms with Gasteiger partial charge < -0.3 is 10.1 Å². The van der Waals surface area contributed by atoms with E-state index in [1.165, 1.54) is 4.90 Å². The molecule has 1 aromatic rings. The van der Waals surface area contributed by atoms with Gasteiger partial charge in [0.25, 0.3) is 0 Å². The Hall–Kier alpha value is -1.89. The average molecular weight is 435 g/mol. The van der Waals surface area contributed by atoms with Crippen LogP contribution in [-0.4, -0.2) is 35.8 Å². The van der Waals surface area contributed by atoms with Gasteiger partial charge in [-0.15, -0.1) is 0 Å². The third-order valence-corrected chi connectivity index (χ3v) is 6.33. The number of amides is 3. The maximum Gasteiger partial charge on any atom is 0.233 e. The van der Waals surface area contributed by atoms with Crippen LogP contribution in [0.4, 0.5) is 0 Å². The van der Waals surface area contributed by atoms with Gasteiger partial charge in [-0.2, -0.15) is 0 Å². The zero-order valence-corrected chi connectivity index (χ0v) is 16.7. The van der Waals surface area contributed by atoms with E-state index in [1.807, 2.05) is 18.2 Å². The van der Waals surface area contributed by atoms with Gasteiger partial charge >= 0.3 is 0 Å². The average Bonchev–Trinajstić information content (AvgIpc) is 2.91. The second-order valence-electron chi connectivity index (χ2n) is 7.51. The molecule has 1 aromatic carbocycles. The van der Waals surface area contributed by atoms with Crippen LogP contribution in [0.2, 0.25) is 0 Å². The molecule has 0 bridgehead atoms. The minimum absolute atomic E-state index is 0.0853. The summed E-state index contributed by atoms with van der Waals surface area (Å²) in [7, 11) is 0. The Labute approximate surface area is 166 Å². The van der Waals surface area contributed by atoms with E-state index < -0.39 is 0 Å². The zero-order chi connectivity index (χ0) is 19.0. The van der Waals surface area contributed by atoms with Gasteiger partial charge in [0, 0.05) is 29.4 Å². The van der Waals surface area contributed by atoms with E-state index in [2.05, 4.69) is 21.2 Å². The van der Waals surface area contributed by atoms with Crippen LogP contribution in [0.3, 0.4) is 0 Å². The maximum absolute atomic E-state index is 12.5. The summed E-state index contributed by atoms with van der Waals surface area (Å²) >= 11 is 3.45. The van der Waals surface area contributed by atoms with Crippen molar-refractivity contribution in [2.75, 3.05) is 13.2 Å². The fourth-order valence-electron chi connectivity index (χ4n) is 4.45. The lowest BCUT2D eigenvalue weighted by atomic mass is 9.81. The van der Waals surface area contributed by atoms with Gasteiger partial charge in [-0.05, 0) is 31.0 Å². The first-order chi connectivity index (χ1) is 13.0. The summed E-state index contributed by atoms with van der Waals surface area (Å²) in [5, 5.41) is 3.03. The number of fused-ring (bicyclic) bond motifs is 2. The molecule has 0 radical (unpaired) electrons. The van der Waals surface area contributed by atoms with E-state index >= 15 is 0 Å². The van der Waals surface area contributed by atoms with Crippen molar-refractivity contribution >= 4 is 33.7 Å². The van der Waals surface area contributed by atoms with Gasteiger partial charge in [0.1, 0.15) is 5.75 Å². The highest BCUT2D eigenvalue weighted by molar-refractivity contribution is 9.10. The summed E-state index contributed by atoms with van der Waals surface area (Å²) in [5.74, 6) is 0.144. The second-order valence-corrected chi connectivity index (χ2v) is 8.43. The van der Waals surface area contributed by atoms with Crippen molar-refractivity contribution < 1.29 is 19.1 Å². The van der Waals surface area contributed by atoms with Crippen LogP contribution in [0.5, 0.6) is 5.75 Å². The van der Waals surface area contributed by atoms with Crippen LogP contribution >= 0.6 is 15.9 Å². The molecule has 1 aliphatic carbocycles. The van der Waals surface area contributed by atoms with Crippen LogP contribution in [0.15, 0.2) is 22.7 Å². The number of imide groups is 1. The Morgan fingerprint density at radius 3 is 2.56 bits per heavy atom. The molecular weight excluding hydrogens is 412 g/mol. The number of carbonyl (C=O) groups is 3. The van der Waals surface area contributed by atoms with Crippen LogP contribution in [-0.2, 0) is 14.4 Å². The van der Waals surface area contributed by atoms with Gasteiger partial charge in [0.2, 0.25) is 17.7 Å². The number of likely N-dealkylation sites (tertiary alicyclic amines) is 1. The molecule has 27 heavy (non-hydrogen) atoms. The molecule has 3 atom stereocenters. The van der Waals surface area contributed by atoms with Crippen molar-refractivity contribution in [3.05, 3.63) is 28.2 Å². The number of hydrogen-bond acceptors (Lipinski definition) is 4. The quantitative estimate of drug-likeness (QED) is 0.738. The van der Waals surface area contributed by atoms with Gasteiger partial charge in [0.05, 0.1) is 24.5 Å². The van der Waals surface area contributed by atoms with E-state index in [0.29, 0.717) is 13.0 Å². The smallest absolute Gasteiger partial charge is 0.233 e. The standard InChI is InChI=1S/C20H23BrN2O4/c21-12-5-6-17-15(11-12)16(8-10-27-17)22-18(24)7-9-23-19(25)13-3-1-2-4-14(13)20(23)26/h5-6,11,13-14,16H,1-4,7-10H2,(H,22,24). The minimum Gasteiger partial charge on any atom is -0.493 e. The van der Waals surface area contributed by atoms with E-state index in [0.717, 1.165) is 41.5 Å². The Morgan fingerprint density at radius 2 is 1.85 bits per heavy atom. The van der Waals surface area contributed by atoms with Crippen molar-refractivity contribution in [2.24, 2.45) is 11.8 Å². The lowest BCUT2D eigenvalue weighted by molar-refractivity contribution is -0.140. The number of benzene rings is 1. The van der Waals surface area contributed by atoms with E-state index in [-0.39, 0.29) is 48.6 Å². The molecule has 1 saturated heterocycles. The number of ether oxygens (including phenoxy) is 1. The lowest BCUT2D eigenvalue weighted by Crippen LogP contribution is -2.37. The molecule has 144 valence electrons. The monoisotopic (exact) mass is 434 g/mol. The molecule has 3 amide bonds. The summed E-state index contributed by atoms with van der Waals surface area (Å²) in [4.78, 5) is 38.8. The summed E-state index contributed by atoms with van der Waals surface area (Å²) in [6.07, 6.45) is 4.44. The third-order valence-electron chi connectivity index (χ3n) is 5.84. The molecule has 1 saturated carbocycles. The molecule has 2 fully saturated rings. The van der Waals surface area contributed by atoms with Gasteiger partial charge in [-0.25, -0.2) is 0 Å². The number of rotatable bonds is 4. The van der Waals surface area contributed by atoms with Crippen molar-refractivity contribution in [3.8, 4) is 5.75 Å². The summed E-state index contributed by atoms with van der Waals surface area (Å²) in [5.41, 5.74) is 0.948. The van der Waals surface area contributed by atoms with Crippen molar-refractivity contribution in [1.82, 2.24) is 10.2 Å². The van der Waals surface area contributed by atoms with Gasteiger partial charge in [0.15, 0.2) is 0 Å². The SMILES string of the molecule is O=C(CCN1C(=O)C2CCCCC2C1=O)NC1CCOc2ccc(Br)cc21. The lowest BCUT2D eigenvalue weighted by Gasteiger charge is -2.27. The number of hydrogen-bond donors (Lipinski definition) is 1. The molecular formula is C20H23BrN2O4. The first-order valence-electron chi connectivity index (χ1n) is 9.61. The molecule has 7 heteroatoms. The molecule has 0 aromatic heterocycles. The third kappa shape index (κ3) is 3.61. The fourth-order valence-corrected chi connectivity index (χ4v) is 4.83. The Morgan fingerprint density at radius 1 is 1.15 bits per heavy atom. The number of carbonyl (C=O) groups excluding carboxylic acids is 3.